The second-order valence-electron chi connectivity index (χ2n) is 6.50. The SMILES string of the molecule is Cc1ccc(C)c(C(=O)Nc2ccc(CC(=O)NCc3cccs3)cc2)c1. The van der Waals surface area contributed by atoms with Gasteiger partial charge in [0.2, 0.25) is 5.91 Å². The first-order valence-electron chi connectivity index (χ1n) is 8.78. The molecule has 0 saturated carbocycles. The summed E-state index contributed by atoms with van der Waals surface area (Å²) in [4.78, 5) is 25.7. The summed E-state index contributed by atoms with van der Waals surface area (Å²) in [5.74, 6) is -0.145. The van der Waals surface area contributed by atoms with Crippen molar-refractivity contribution in [3.63, 3.8) is 0 Å². The molecule has 0 saturated heterocycles. The third kappa shape index (κ3) is 5.28. The Hall–Kier alpha value is -2.92. The minimum atomic E-state index is -0.127. The highest BCUT2D eigenvalue weighted by molar-refractivity contribution is 7.09. The molecule has 0 fully saturated rings. The number of hydrogen-bond donors (Lipinski definition) is 2. The molecule has 0 aliphatic carbocycles. The summed E-state index contributed by atoms with van der Waals surface area (Å²) in [6.07, 6.45) is 0.316. The van der Waals surface area contributed by atoms with E-state index in [1.54, 1.807) is 11.3 Å². The maximum atomic E-state index is 12.5. The van der Waals surface area contributed by atoms with Crippen LogP contribution in [0.4, 0.5) is 5.69 Å². The molecule has 0 unspecified atom stereocenters. The lowest BCUT2D eigenvalue weighted by atomic mass is 10.0. The third-order valence-corrected chi connectivity index (χ3v) is 5.13. The molecule has 3 rings (SSSR count). The summed E-state index contributed by atoms with van der Waals surface area (Å²) >= 11 is 1.62. The van der Waals surface area contributed by atoms with E-state index in [1.165, 1.54) is 0 Å². The molecule has 2 aromatic carbocycles. The van der Waals surface area contributed by atoms with Crippen molar-refractivity contribution in [1.82, 2.24) is 5.32 Å². The number of carbonyl (C=O) groups is 2. The number of rotatable bonds is 6. The zero-order chi connectivity index (χ0) is 19.2. The quantitative estimate of drug-likeness (QED) is 0.665. The first kappa shape index (κ1) is 18.9. The predicted octanol–water partition coefficient (Wildman–Crippen LogP) is 4.48. The fourth-order valence-electron chi connectivity index (χ4n) is 2.73. The molecule has 5 heteroatoms. The van der Waals surface area contributed by atoms with Gasteiger partial charge in [-0.25, -0.2) is 0 Å². The number of thiophene rings is 1. The van der Waals surface area contributed by atoms with Gasteiger partial charge >= 0.3 is 0 Å². The van der Waals surface area contributed by atoms with Crippen LogP contribution in [-0.2, 0) is 17.8 Å². The van der Waals surface area contributed by atoms with E-state index in [0.717, 1.165) is 21.6 Å². The molecule has 3 aromatic rings. The normalized spacial score (nSPS) is 10.4. The summed E-state index contributed by atoms with van der Waals surface area (Å²) in [6.45, 7) is 4.45. The zero-order valence-corrected chi connectivity index (χ0v) is 16.2. The first-order chi connectivity index (χ1) is 13.0. The van der Waals surface area contributed by atoms with Crippen molar-refractivity contribution in [2.24, 2.45) is 0 Å². The lowest BCUT2D eigenvalue weighted by Gasteiger charge is -2.09. The van der Waals surface area contributed by atoms with Crippen LogP contribution in [0.5, 0.6) is 0 Å². The van der Waals surface area contributed by atoms with E-state index < -0.39 is 0 Å². The Morgan fingerprint density at radius 3 is 2.48 bits per heavy atom. The van der Waals surface area contributed by atoms with Crippen LogP contribution >= 0.6 is 11.3 Å². The van der Waals surface area contributed by atoms with Crippen molar-refractivity contribution < 1.29 is 9.59 Å². The highest BCUT2D eigenvalue weighted by atomic mass is 32.1. The number of carbonyl (C=O) groups excluding carboxylic acids is 2. The fourth-order valence-corrected chi connectivity index (χ4v) is 3.38. The Bertz CT molecular complexity index is 931. The van der Waals surface area contributed by atoms with Gasteiger partial charge < -0.3 is 10.6 Å². The molecule has 0 radical (unpaired) electrons. The van der Waals surface area contributed by atoms with Crippen LogP contribution in [0.2, 0.25) is 0 Å². The summed E-state index contributed by atoms with van der Waals surface area (Å²) in [7, 11) is 0. The standard InChI is InChI=1S/C22H22N2O2S/c1-15-5-6-16(2)20(12-15)22(26)24-18-9-7-17(8-10-18)13-21(25)23-14-19-4-3-11-27-19/h3-12H,13-14H2,1-2H3,(H,23,25)(H,24,26). The summed E-state index contributed by atoms with van der Waals surface area (Å²) in [6, 6.07) is 17.2. The fraction of sp³-hybridized carbons (Fsp3) is 0.182. The summed E-state index contributed by atoms with van der Waals surface area (Å²) in [5, 5.41) is 7.82. The molecule has 2 N–H and O–H groups in total. The van der Waals surface area contributed by atoms with E-state index in [0.29, 0.717) is 24.2 Å². The zero-order valence-electron chi connectivity index (χ0n) is 15.4. The van der Waals surface area contributed by atoms with E-state index in [2.05, 4.69) is 10.6 Å². The van der Waals surface area contributed by atoms with Gasteiger partial charge in [-0.2, -0.15) is 0 Å². The summed E-state index contributed by atoms with van der Waals surface area (Å²) in [5.41, 5.74) is 4.28. The van der Waals surface area contributed by atoms with Crippen LogP contribution in [0.15, 0.2) is 60.0 Å². The Morgan fingerprint density at radius 1 is 1.00 bits per heavy atom. The third-order valence-electron chi connectivity index (χ3n) is 4.25. The van der Waals surface area contributed by atoms with Crippen molar-refractivity contribution in [3.8, 4) is 0 Å². The maximum absolute atomic E-state index is 12.5. The number of amides is 2. The lowest BCUT2D eigenvalue weighted by molar-refractivity contribution is -0.120. The molecule has 0 spiro atoms. The van der Waals surface area contributed by atoms with Crippen LogP contribution in [-0.4, -0.2) is 11.8 Å². The second kappa shape index (κ2) is 8.64. The highest BCUT2D eigenvalue weighted by Crippen LogP contribution is 2.15. The molecular formula is C22H22N2O2S. The second-order valence-corrected chi connectivity index (χ2v) is 7.53. The van der Waals surface area contributed by atoms with Crippen LogP contribution in [0, 0.1) is 13.8 Å². The summed E-state index contributed by atoms with van der Waals surface area (Å²) < 4.78 is 0. The monoisotopic (exact) mass is 378 g/mol. The number of benzene rings is 2. The molecule has 1 aromatic heterocycles. The van der Waals surface area contributed by atoms with Crippen molar-refractivity contribution >= 4 is 28.8 Å². The minimum absolute atomic E-state index is 0.0180. The van der Waals surface area contributed by atoms with Gasteiger partial charge in [0.15, 0.2) is 0 Å². The van der Waals surface area contributed by atoms with Crippen LogP contribution in [0.1, 0.15) is 31.9 Å². The smallest absolute Gasteiger partial charge is 0.255 e. The molecule has 0 aliphatic rings. The van der Waals surface area contributed by atoms with E-state index in [-0.39, 0.29) is 11.8 Å². The van der Waals surface area contributed by atoms with E-state index in [9.17, 15) is 9.59 Å². The molecule has 0 bridgehead atoms. The maximum Gasteiger partial charge on any atom is 0.255 e. The van der Waals surface area contributed by atoms with Crippen LogP contribution in [0.25, 0.3) is 0 Å². The van der Waals surface area contributed by atoms with Crippen LogP contribution in [0.3, 0.4) is 0 Å². The highest BCUT2D eigenvalue weighted by Gasteiger charge is 2.10. The van der Waals surface area contributed by atoms with Crippen molar-refractivity contribution in [2.75, 3.05) is 5.32 Å². The molecule has 27 heavy (non-hydrogen) atoms. The van der Waals surface area contributed by atoms with Crippen molar-refractivity contribution in [2.45, 2.75) is 26.8 Å². The van der Waals surface area contributed by atoms with Gasteiger partial charge in [0.05, 0.1) is 13.0 Å². The van der Waals surface area contributed by atoms with Gasteiger partial charge in [0, 0.05) is 16.1 Å². The topological polar surface area (TPSA) is 58.2 Å². The first-order valence-corrected chi connectivity index (χ1v) is 9.66. The Balaban J connectivity index is 1.56. The Kier molecular flexibility index (Phi) is 6.04. The average Bonchev–Trinajstić information content (AvgIpc) is 3.17. The van der Waals surface area contributed by atoms with Gasteiger partial charge in [-0.15, -0.1) is 11.3 Å². The van der Waals surface area contributed by atoms with Gasteiger partial charge in [-0.1, -0.05) is 35.9 Å². The van der Waals surface area contributed by atoms with Gasteiger partial charge in [0.1, 0.15) is 0 Å². The molecule has 1 heterocycles. The number of nitrogens with one attached hydrogen (secondary N) is 2. The van der Waals surface area contributed by atoms with E-state index in [1.807, 2.05) is 73.8 Å². The predicted molar refractivity (Wildman–Crippen MR) is 110 cm³/mol. The van der Waals surface area contributed by atoms with Gasteiger partial charge in [-0.3, -0.25) is 9.59 Å². The number of aryl methyl sites for hydroxylation is 2. The number of anilines is 1. The van der Waals surface area contributed by atoms with Crippen molar-refractivity contribution in [3.05, 3.63) is 87.1 Å². The minimum Gasteiger partial charge on any atom is -0.351 e. The molecule has 4 nitrogen and oxygen atoms in total. The van der Waals surface area contributed by atoms with E-state index >= 15 is 0 Å². The Morgan fingerprint density at radius 2 is 1.78 bits per heavy atom. The average molecular weight is 378 g/mol. The molecule has 2 amide bonds. The van der Waals surface area contributed by atoms with Crippen LogP contribution < -0.4 is 10.6 Å². The molecule has 0 atom stereocenters. The molecule has 0 aliphatic heterocycles. The number of hydrogen-bond acceptors (Lipinski definition) is 3. The Labute approximate surface area is 163 Å². The molecular weight excluding hydrogens is 356 g/mol. The van der Waals surface area contributed by atoms with Gasteiger partial charge in [-0.05, 0) is 54.6 Å². The van der Waals surface area contributed by atoms with Crippen molar-refractivity contribution in [1.29, 1.82) is 0 Å². The van der Waals surface area contributed by atoms with E-state index in [4.69, 9.17) is 0 Å². The van der Waals surface area contributed by atoms with Gasteiger partial charge in [0.25, 0.3) is 5.91 Å². The largest absolute Gasteiger partial charge is 0.351 e. The lowest BCUT2D eigenvalue weighted by Crippen LogP contribution is -2.24. The molecule has 138 valence electrons.